The third-order valence-corrected chi connectivity index (χ3v) is 5.88. The first-order valence-electron chi connectivity index (χ1n) is 10.3. The highest BCUT2D eigenvalue weighted by Crippen LogP contribution is 2.40. The lowest BCUT2D eigenvalue weighted by Crippen LogP contribution is -2.53. The fraction of sp³-hybridized carbons (Fsp3) is 0.286. The molecule has 9 nitrogen and oxygen atoms in total. The second-order valence-corrected chi connectivity index (χ2v) is 7.71. The topological polar surface area (TPSA) is 86.8 Å². The Bertz CT molecular complexity index is 1310. The quantitative estimate of drug-likeness (QED) is 0.486. The number of ether oxygens (including phenoxy) is 1. The van der Waals surface area contributed by atoms with E-state index < -0.39 is 11.6 Å². The van der Waals surface area contributed by atoms with Crippen molar-refractivity contribution in [1.82, 2.24) is 34.3 Å². The van der Waals surface area contributed by atoms with Crippen LogP contribution in [0.1, 0.15) is 25.2 Å². The van der Waals surface area contributed by atoms with Gasteiger partial charge in [-0.25, -0.2) is 18.7 Å². The van der Waals surface area contributed by atoms with Crippen LogP contribution in [0.4, 0.5) is 14.6 Å². The summed E-state index contributed by atoms with van der Waals surface area (Å²) >= 11 is 0. The van der Waals surface area contributed by atoms with Gasteiger partial charge >= 0.3 is 0 Å². The molecule has 2 aliphatic heterocycles. The molecule has 6 rings (SSSR count). The normalized spacial score (nSPS) is 17.7. The van der Waals surface area contributed by atoms with Crippen LogP contribution in [0.2, 0.25) is 0 Å². The zero-order valence-electron chi connectivity index (χ0n) is 17.1. The van der Waals surface area contributed by atoms with E-state index >= 15 is 0 Å². The molecular weight excluding hydrogens is 418 g/mol. The second-order valence-electron chi connectivity index (χ2n) is 7.71. The van der Waals surface area contributed by atoms with Gasteiger partial charge in [0.1, 0.15) is 17.8 Å². The van der Waals surface area contributed by atoms with Crippen LogP contribution in [-0.4, -0.2) is 53.5 Å². The monoisotopic (exact) mass is 436 g/mol. The van der Waals surface area contributed by atoms with Crippen LogP contribution in [0.15, 0.2) is 43.1 Å². The molecule has 1 saturated heterocycles. The van der Waals surface area contributed by atoms with Gasteiger partial charge in [-0.1, -0.05) is 6.92 Å². The second kappa shape index (κ2) is 7.16. The van der Waals surface area contributed by atoms with Gasteiger partial charge < -0.3 is 9.64 Å². The molecule has 1 aromatic carbocycles. The van der Waals surface area contributed by atoms with Gasteiger partial charge in [-0.05, 0) is 24.6 Å². The first-order chi connectivity index (χ1) is 15.7. The Labute approximate surface area is 181 Å². The van der Waals surface area contributed by atoms with Crippen LogP contribution < -0.4 is 4.90 Å². The zero-order chi connectivity index (χ0) is 21.8. The van der Waals surface area contributed by atoms with E-state index in [1.807, 2.05) is 4.57 Å². The molecule has 0 radical (unpaired) electrons. The Morgan fingerprint density at radius 2 is 2.00 bits per heavy atom. The minimum absolute atomic E-state index is 0.00454. The minimum Gasteiger partial charge on any atom is -0.377 e. The number of nitrogens with zero attached hydrogens (tertiary/aromatic N) is 8. The van der Waals surface area contributed by atoms with Gasteiger partial charge in [-0.15, -0.1) is 10.2 Å². The highest BCUT2D eigenvalue weighted by atomic mass is 19.2. The Balaban J connectivity index is 1.50. The highest BCUT2D eigenvalue weighted by Gasteiger charge is 2.40. The molecule has 32 heavy (non-hydrogen) atoms. The van der Waals surface area contributed by atoms with E-state index in [0.29, 0.717) is 30.5 Å². The lowest BCUT2D eigenvalue weighted by molar-refractivity contribution is 0.00339. The van der Waals surface area contributed by atoms with Crippen LogP contribution in [0, 0.1) is 11.6 Å². The summed E-state index contributed by atoms with van der Waals surface area (Å²) in [6.45, 7) is 3.31. The van der Waals surface area contributed by atoms with E-state index in [-0.39, 0.29) is 12.1 Å². The molecule has 0 spiro atoms. The molecule has 2 aliphatic rings. The van der Waals surface area contributed by atoms with Gasteiger partial charge in [0.05, 0.1) is 31.5 Å². The molecule has 0 saturated carbocycles. The molecule has 0 amide bonds. The summed E-state index contributed by atoms with van der Waals surface area (Å²) in [5.74, 6) is 0.518. The van der Waals surface area contributed by atoms with Gasteiger partial charge in [-0.3, -0.25) is 9.13 Å². The van der Waals surface area contributed by atoms with Crippen molar-refractivity contribution in [1.29, 1.82) is 0 Å². The van der Waals surface area contributed by atoms with Crippen LogP contribution in [0.3, 0.4) is 0 Å². The number of hydrogen-bond acceptors (Lipinski definition) is 7. The van der Waals surface area contributed by atoms with Crippen molar-refractivity contribution >= 4 is 5.82 Å². The highest BCUT2D eigenvalue weighted by molar-refractivity contribution is 5.64. The summed E-state index contributed by atoms with van der Waals surface area (Å²) in [5.41, 5.74) is 1.20. The number of imidazole rings is 1. The average molecular weight is 436 g/mol. The summed E-state index contributed by atoms with van der Waals surface area (Å²) in [6, 6.07) is 3.83. The minimum atomic E-state index is -0.939. The molecule has 4 aromatic rings. The number of anilines is 1. The van der Waals surface area contributed by atoms with Crippen molar-refractivity contribution in [2.24, 2.45) is 0 Å². The summed E-state index contributed by atoms with van der Waals surface area (Å²) < 4.78 is 36.3. The largest absolute Gasteiger partial charge is 0.377 e. The third kappa shape index (κ3) is 2.74. The number of aromatic nitrogens is 7. The number of fused-ring (bicyclic) bond motifs is 3. The molecule has 0 unspecified atom stereocenters. The fourth-order valence-electron chi connectivity index (χ4n) is 4.27. The molecule has 162 valence electrons. The van der Waals surface area contributed by atoms with Crippen molar-refractivity contribution in [3.05, 3.63) is 60.6 Å². The van der Waals surface area contributed by atoms with Crippen LogP contribution in [-0.2, 0) is 4.74 Å². The summed E-state index contributed by atoms with van der Waals surface area (Å²) in [4.78, 5) is 16.0. The molecule has 1 fully saturated rings. The van der Waals surface area contributed by atoms with E-state index in [4.69, 9.17) is 9.72 Å². The molecule has 3 aromatic heterocycles. The number of rotatable bonds is 4. The predicted molar refractivity (Wildman–Crippen MR) is 110 cm³/mol. The lowest BCUT2D eigenvalue weighted by Gasteiger charge is -2.45. The Kier molecular flexibility index (Phi) is 4.25. The fourth-order valence-corrected chi connectivity index (χ4v) is 4.27. The SMILES string of the molecule is CC[C@@H]1c2nncn2-c2cnc(-n3ccnc3-c3ccc(F)c(F)c3)nc2N1C1COC1. The standard InChI is InChI=1S/C21H18F2N8O/c1-2-16-20-28-26-11-30(20)17-8-25-21(27-19(17)31(16)13-9-32-10-13)29-6-5-24-18(29)12-3-4-14(22)15(23)7-12/h3-8,11,13,16H,2,9-10H2,1H3/t16-/m1/s1. The number of benzene rings is 1. The van der Waals surface area contributed by atoms with Crippen molar-refractivity contribution in [3.8, 4) is 23.0 Å². The van der Waals surface area contributed by atoms with Gasteiger partial charge in [0.2, 0.25) is 5.95 Å². The lowest BCUT2D eigenvalue weighted by atomic mass is 10.0. The van der Waals surface area contributed by atoms with Crippen LogP contribution >= 0.6 is 0 Å². The summed E-state index contributed by atoms with van der Waals surface area (Å²) in [7, 11) is 0. The van der Waals surface area contributed by atoms with Crippen LogP contribution in [0.25, 0.3) is 23.0 Å². The molecular formula is C21H18F2N8O. The maximum Gasteiger partial charge on any atom is 0.237 e. The Morgan fingerprint density at radius 1 is 1.12 bits per heavy atom. The van der Waals surface area contributed by atoms with E-state index in [0.717, 1.165) is 35.9 Å². The van der Waals surface area contributed by atoms with E-state index in [2.05, 4.69) is 32.0 Å². The maximum absolute atomic E-state index is 13.8. The predicted octanol–water partition coefficient (Wildman–Crippen LogP) is 2.86. The zero-order valence-corrected chi connectivity index (χ0v) is 17.1. The number of hydrogen-bond donors (Lipinski definition) is 0. The van der Waals surface area contributed by atoms with Gasteiger partial charge in [-0.2, -0.15) is 4.98 Å². The van der Waals surface area contributed by atoms with Gasteiger partial charge in [0.25, 0.3) is 0 Å². The smallest absolute Gasteiger partial charge is 0.237 e. The van der Waals surface area contributed by atoms with Gasteiger partial charge in [0, 0.05) is 18.0 Å². The molecule has 1 atom stereocenters. The Hall–Kier alpha value is -3.73. The molecule has 0 bridgehead atoms. The molecule has 0 N–H and O–H groups in total. The van der Waals surface area contributed by atoms with Gasteiger partial charge in [0.15, 0.2) is 23.3 Å². The van der Waals surface area contributed by atoms with Crippen molar-refractivity contribution < 1.29 is 13.5 Å². The summed E-state index contributed by atoms with van der Waals surface area (Å²) in [5, 5.41) is 8.43. The first kappa shape index (κ1) is 19.0. The maximum atomic E-state index is 13.8. The Morgan fingerprint density at radius 3 is 2.75 bits per heavy atom. The van der Waals surface area contributed by atoms with Crippen molar-refractivity contribution in [2.75, 3.05) is 18.1 Å². The third-order valence-electron chi connectivity index (χ3n) is 5.88. The van der Waals surface area contributed by atoms with Crippen molar-refractivity contribution in [3.63, 3.8) is 0 Å². The van der Waals surface area contributed by atoms with E-state index in [9.17, 15) is 8.78 Å². The molecule has 0 aliphatic carbocycles. The first-order valence-corrected chi connectivity index (χ1v) is 10.3. The van der Waals surface area contributed by atoms with Crippen molar-refractivity contribution in [2.45, 2.75) is 25.4 Å². The molecule has 5 heterocycles. The summed E-state index contributed by atoms with van der Waals surface area (Å²) in [6.07, 6.45) is 7.47. The average Bonchev–Trinajstić information content (AvgIpc) is 3.44. The molecule has 11 heteroatoms. The van der Waals surface area contributed by atoms with E-state index in [1.165, 1.54) is 6.07 Å². The van der Waals surface area contributed by atoms with Crippen LogP contribution in [0.5, 0.6) is 0 Å². The van der Waals surface area contributed by atoms with E-state index in [1.54, 1.807) is 29.5 Å². The number of halogens is 2.